The molecule has 0 unspecified atom stereocenters. The van der Waals surface area contributed by atoms with Crippen LogP contribution in [0.2, 0.25) is 0 Å². The fourth-order valence-corrected chi connectivity index (χ4v) is 1.77. The highest BCUT2D eigenvalue weighted by Gasteiger charge is 2.33. The van der Waals surface area contributed by atoms with E-state index in [-0.39, 0.29) is 6.54 Å². The molecule has 21 heavy (non-hydrogen) atoms. The van der Waals surface area contributed by atoms with Gasteiger partial charge in [-0.2, -0.15) is 0 Å². The molecule has 0 aromatic carbocycles. The van der Waals surface area contributed by atoms with Gasteiger partial charge in [-0.3, -0.25) is 9.78 Å². The lowest BCUT2D eigenvalue weighted by molar-refractivity contribution is -0.141. The van der Waals surface area contributed by atoms with Crippen molar-refractivity contribution >= 4 is 12.1 Å². The van der Waals surface area contributed by atoms with Crippen molar-refractivity contribution in [3.8, 4) is 0 Å². The molecular weight excluding hydrogens is 272 g/mol. The molecule has 1 amide bonds. The molecule has 1 N–H and O–H groups in total. The maximum atomic E-state index is 11.5. The number of ether oxygens (including phenoxy) is 1. The minimum absolute atomic E-state index is 0.254. The van der Waals surface area contributed by atoms with E-state index in [1.807, 2.05) is 18.2 Å². The van der Waals surface area contributed by atoms with Gasteiger partial charge in [0.2, 0.25) is 0 Å². The van der Waals surface area contributed by atoms with E-state index in [4.69, 9.17) is 9.84 Å². The molecule has 1 aromatic heterocycles. The zero-order valence-electron chi connectivity index (χ0n) is 12.7. The van der Waals surface area contributed by atoms with E-state index in [0.29, 0.717) is 13.0 Å². The molecule has 1 saturated heterocycles. The summed E-state index contributed by atoms with van der Waals surface area (Å²) in [6.45, 7) is 6.08. The summed E-state index contributed by atoms with van der Waals surface area (Å²) < 4.78 is 5.14. The number of aliphatic carboxylic acids is 1. The van der Waals surface area contributed by atoms with Crippen LogP contribution in [0.15, 0.2) is 30.6 Å². The number of aromatic nitrogens is 1. The third-order valence-electron chi connectivity index (χ3n) is 2.76. The molecular formula is C15H22N2O4. The first-order valence-corrected chi connectivity index (χ1v) is 6.85. The van der Waals surface area contributed by atoms with Crippen LogP contribution >= 0.6 is 0 Å². The quantitative estimate of drug-likeness (QED) is 0.860. The molecule has 1 aliphatic heterocycles. The summed E-state index contributed by atoms with van der Waals surface area (Å²) in [4.78, 5) is 27.4. The number of nitrogens with zero attached hydrogens (tertiary/aromatic N) is 2. The van der Waals surface area contributed by atoms with Crippen LogP contribution in [0.25, 0.3) is 0 Å². The van der Waals surface area contributed by atoms with Gasteiger partial charge in [0.25, 0.3) is 0 Å². The Kier molecular flexibility index (Phi) is 6.14. The molecule has 0 bridgehead atoms. The molecule has 1 aromatic rings. The van der Waals surface area contributed by atoms with Crippen molar-refractivity contribution in [3.05, 3.63) is 30.6 Å². The van der Waals surface area contributed by atoms with E-state index in [1.54, 1.807) is 33.2 Å². The van der Waals surface area contributed by atoms with Crippen molar-refractivity contribution in [1.82, 2.24) is 9.88 Å². The second-order valence-electron chi connectivity index (χ2n) is 5.77. The van der Waals surface area contributed by atoms with Gasteiger partial charge in [0.15, 0.2) is 0 Å². The lowest BCUT2D eigenvalue weighted by atomic mass is 10.1. The lowest BCUT2D eigenvalue weighted by Gasteiger charge is -2.24. The average Bonchev–Trinajstić information content (AvgIpc) is 2.89. The molecule has 0 spiro atoms. The molecule has 6 nitrogen and oxygen atoms in total. The van der Waals surface area contributed by atoms with Gasteiger partial charge >= 0.3 is 12.1 Å². The van der Waals surface area contributed by atoms with Crippen LogP contribution in [-0.4, -0.2) is 45.7 Å². The average molecular weight is 294 g/mol. The third-order valence-corrected chi connectivity index (χ3v) is 2.76. The Bertz CT molecular complexity index is 430. The summed E-state index contributed by atoms with van der Waals surface area (Å²) in [6.07, 6.45) is 3.58. The van der Waals surface area contributed by atoms with Crippen molar-refractivity contribution in [3.63, 3.8) is 0 Å². The Morgan fingerprint density at radius 3 is 2.19 bits per heavy atom. The van der Waals surface area contributed by atoms with Gasteiger partial charge in [-0.15, -0.1) is 0 Å². The number of amides is 1. The van der Waals surface area contributed by atoms with Crippen molar-refractivity contribution < 1.29 is 19.4 Å². The van der Waals surface area contributed by atoms with Gasteiger partial charge in [0.05, 0.1) is 5.92 Å². The maximum Gasteiger partial charge on any atom is 0.410 e. The molecule has 0 saturated carbocycles. The number of rotatable bonds is 1. The minimum atomic E-state index is -0.846. The molecule has 0 aliphatic carbocycles. The highest BCUT2D eigenvalue weighted by Crippen LogP contribution is 2.19. The predicted molar refractivity (Wildman–Crippen MR) is 77.8 cm³/mol. The highest BCUT2D eigenvalue weighted by atomic mass is 16.6. The van der Waals surface area contributed by atoms with Gasteiger partial charge in [-0.25, -0.2) is 4.79 Å². The molecule has 116 valence electrons. The van der Waals surface area contributed by atoms with Gasteiger partial charge in [0.1, 0.15) is 5.60 Å². The number of pyridine rings is 1. The fraction of sp³-hybridized carbons (Fsp3) is 0.533. The minimum Gasteiger partial charge on any atom is -0.481 e. The molecule has 1 atom stereocenters. The lowest BCUT2D eigenvalue weighted by Crippen LogP contribution is -2.35. The van der Waals surface area contributed by atoms with Crippen LogP contribution in [0.4, 0.5) is 4.79 Å². The number of hydrogen-bond acceptors (Lipinski definition) is 4. The van der Waals surface area contributed by atoms with E-state index in [0.717, 1.165) is 0 Å². The van der Waals surface area contributed by atoms with Crippen LogP contribution < -0.4 is 0 Å². The summed E-state index contributed by atoms with van der Waals surface area (Å²) in [5, 5.41) is 8.77. The van der Waals surface area contributed by atoms with Crippen LogP contribution in [-0.2, 0) is 9.53 Å². The monoisotopic (exact) mass is 294 g/mol. The molecule has 2 rings (SSSR count). The number of carbonyl (C=O) groups is 2. The van der Waals surface area contributed by atoms with Crippen LogP contribution in [0, 0.1) is 5.92 Å². The van der Waals surface area contributed by atoms with Crippen molar-refractivity contribution in [1.29, 1.82) is 0 Å². The van der Waals surface area contributed by atoms with Gasteiger partial charge < -0.3 is 14.7 Å². The summed E-state index contributed by atoms with van der Waals surface area (Å²) in [5.41, 5.74) is -0.529. The summed E-state index contributed by atoms with van der Waals surface area (Å²) in [5.74, 6) is -1.29. The highest BCUT2D eigenvalue weighted by molar-refractivity contribution is 5.74. The maximum absolute atomic E-state index is 11.5. The predicted octanol–water partition coefficient (Wildman–Crippen LogP) is 2.41. The van der Waals surface area contributed by atoms with Gasteiger partial charge in [-0.1, -0.05) is 6.07 Å². The first-order chi connectivity index (χ1) is 9.79. The molecule has 2 heterocycles. The number of hydrogen-bond donors (Lipinski definition) is 1. The van der Waals surface area contributed by atoms with Crippen LogP contribution in [0.5, 0.6) is 0 Å². The smallest absolute Gasteiger partial charge is 0.410 e. The number of likely N-dealkylation sites (tertiary alicyclic amines) is 1. The second-order valence-corrected chi connectivity index (χ2v) is 5.77. The SMILES string of the molecule is CC(C)(C)OC(=O)N1CC[C@H](C(=O)O)C1.c1ccncc1. The topological polar surface area (TPSA) is 79.7 Å². The second kappa shape index (κ2) is 7.61. The zero-order valence-corrected chi connectivity index (χ0v) is 12.7. The first-order valence-electron chi connectivity index (χ1n) is 6.85. The fourth-order valence-electron chi connectivity index (χ4n) is 1.77. The Labute approximate surface area is 124 Å². The Morgan fingerprint density at radius 1 is 1.24 bits per heavy atom. The van der Waals surface area contributed by atoms with E-state index >= 15 is 0 Å². The number of carbonyl (C=O) groups excluding carboxylic acids is 1. The van der Waals surface area contributed by atoms with E-state index in [2.05, 4.69) is 4.98 Å². The molecule has 1 fully saturated rings. The van der Waals surface area contributed by atoms with Crippen LogP contribution in [0.3, 0.4) is 0 Å². The molecule has 1 aliphatic rings. The Morgan fingerprint density at radius 2 is 1.86 bits per heavy atom. The Hall–Kier alpha value is -2.11. The zero-order chi connectivity index (χ0) is 15.9. The summed E-state index contributed by atoms with van der Waals surface area (Å²) in [7, 11) is 0. The number of carboxylic acids is 1. The van der Waals surface area contributed by atoms with E-state index in [9.17, 15) is 9.59 Å². The number of carboxylic acid groups (broad SMARTS) is 1. The first kappa shape index (κ1) is 16.9. The van der Waals surface area contributed by atoms with Crippen molar-refractivity contribution in [2.75, 3.05) is 13.1 Å². The Balaban J connectivity index is 0.000000304. The third kappa shape index (κ3) is 6.74. The summed E-state index contributed by atoms with van der Waals surface area (Å²) >= 11 is 0. The molecule has 6 heteroatoms. The normalized spacial score (nSPS) is 17.7. The van der Waals surface area contributed by atoms with Crippen molar-refractivity contribution in [2.45, 2.75) is 32.8 Å². The van der Waals surface area contributed by atoms with Crippen molar-refractivity contribution in [2.24, 2.45) is 5.92 Å². The van der Waals surface area contributed by atoms with Crippen LogP contribution in [0.1, 0.15) is 27.2 Å². The van der Waals surface area contributed by atoms with E-state index < -0.39 is 23.6 Å². The van der Waals surface area contributed by atoms with Gasteiger partial charge in [0, 0.05) is 25.5 Å². The largest absolute Gasteiger partial charge is 0.481 e. The van der Waals surface area contributed by atoms with Gasteiger partial charge in [-0.05, 0) is 39.3 Å². The molecule has 0 radical (unpaired) electrons. The standard InChI is InChI=1S/C10H17NO4.C5H5N/c1-10(2,3)15-9(14)11-5-4-7(6-11)8(12)13;1-2-4-6-5-3-1/h7H,4-6H2,1-3H3,(H,12,13);1-5H/t7-;/m0./s1. The summed E-state index contributed by atoms with van der Waals surface area (Å²) in [6, 6.07) is 5.72. The van der Waals surface area contributed by atoms with E-state index in [1.165, 1.54) is 4.90 Å².